The van der Waals surface area contributed by atoms with Gasteiger partial charge in [0.2, 0.25) is 0 Å². The molecule has 0 aromatic carbocycles. The molecule has 0 rings (SSSR count). The molecule has 0 saturated carbocycles. The zero-order valence-corrected chi connectivity index (χ0v) is 12.2. The van der Waals surface area contributed by atoms with Crippen LogP contribution in [0.2, 0.25) is 0 Å². The van der Waals surface area contributed by atoms with Crippen molar-refractivity contribution in [3.8, 4) is 0 Å². The van der Waals surface area contributed by atoms with Crippen molar-refractivity contribution in [2.24, 2.45) is 11.8 Å². The lowest BCUT2D eigenvalue weighted by Crippen LogP contribution is -2.65. The van der Waals surface area contributed by atoms with Crippen LogP contribution in [0.1, 0.15) is 46.0 Å². The monoisotopic (exact) mass is 285 g/mol. The minimum absolute atomic E-state index is 0.0225. The van der Waals surface area contributed by atoms with Gasteiger partial charge in [-0.15, -0.1) is 0 Å². The molecule has 0 bridgehead atoms. The van der Waals surface area contributed by atoms with E-state index in [1.165, 1.54) is 0 Å². The second-order valence-electron chi connectivity index (χ2n) is 5.38. The quantitative estimate of drug-likeness (QED) is 0.324. The number of hydrogen-bond acceptors (Lipinski definition) is 2. The highest BCUT2D eigenvalue weighted by Gasteiger charge is 2.26. The Morgan fingerprint density at radius 3 is 2.20 bits per heavy atom. The molecule has 20 heavy (non-hydrogen) atoms. The average molecular weight is 285 g/mol. The normalized spacial score (nSPS) is 13.3. The third kappa shape index (κ3) is 11.1. The second-order valence-corrected chi connectivity index (χ2v) is 5.38. The number of hydrogen-bond donors (Lipinski definition) is 3. The number of quaternary nitrogens is 2. The first-order valence-corrected chi connectivity index (χ1v) is 6.76. The van der Waals surface area contributed by atoms with Crippen molar-refractivity contribution < 1.29 is 26.2 Å². The molecule has 0 heterocycles. The molecule has 0 aliphatic carbocycles. The smallest absolute Gasteiger partial charge is 0.306 e. The minimum atomic E-state index is -0.871. The SMILES string of the molecule is CC(C)CC([NH3+])C(=O)CC(CCCC[NH3+])C(=O)O.[B][BH3-]. The van der Waals surface area contributed by atoms with Gasteiger partial charge in [-0.05, 0) is 25.2 Å². The van der Waals surface area contributed by atoms with Crippen molar-refractivity contribution in [1.82, 2.24) is 0 Å². The zero-order chi connectivity index (χ0) is 16.1. The van der Waals surface area contributed by atoms with Gasteiger partial charge in [-0.25, -0.2) is 0 Å². The van der Waals surface area contributed by atoms with E-state index in [0.29, 0.717) is 12.3 Å². The van der Waals surface area contributed by atoms with Crippen LogP contribution >= 0.6 is 0 Å². The van der Waals surface area contributed by atoms with Gasteiger partial charge in [0.15, 0.2) is 5.78 Å². The molecule has 7 heteroatoms. The summed E-state index contributed by atoms with van der Waals surface area (Å²) >= 11 is 0. The minimum Gasteiger partial charge on any atom is -0.481 e. The molecule has 2 atom stereocenters. The number of carbonyl (C=O) groups is 2. The van der Waals surface area contributed by atoms with Crippen LogP contribution in [0.5, 0.6) is 0 Å². The first kappa shape index (κ1) is 21.5. The van der Waals surface area contributed by atoms with Gasteiger partial charge in [0.25, 0.3) is 0 Å². The predicted molar refractivity (Wildman–Crippen MR) is 84.2 cm³/mol. The number of carboxylic acids is 1. The Balaban J connectivity index is 0. The molecule has 0 amide bonds. The third-order valence-electron chi connectivity index (χ3n) is 3.06. The van der Waals surface area contributed by atoms with Crippen LogP contribution in [0.15, 0.2) is 0 Å². The van der Waals surface area contributed by atoms with Crippen LogP contribution in [-0.4, -0.2) is 44.9 Å². The van der Waals surface area contributed by atoms with Crippen LogP contribution in [0.4, 0.5) is 0 Å². The van der Waals surface area contributed by atoms with E-state index >= 15 is 0 Å². The average Bonchev–Trinajstić information content (AvgIpc) is 2.38. The molecular formula is C13H31B2N2O3+. The fourth-order valence-corrected chi connectivity index (χ4v) is 1.99. The predicted octanol–water partition coefficient (Wildman–Crippen LogP) is -1.85. The molecule has 5 nitrogen and oxygen atoms in total. The van der Waals surface area contributed by atoms with Crippen LogP contribution in [0.3, 0.4) is 0 Å². The van der Waals surface area contributed by atoms with E-state index in [-0.39, 0.29) is 26.0 Å². The van der Waals surface area contributed by atoms with Gasteiger partial charge < -0.3 is 16.6 Å². The third-order valence-corrected chi connectivity index (χ3v) is 3.06. The van der Waals surface area contributed by atoms with E-state index in [0.717, 1.165) is 25.8 Å². The van der Waals surface area contributed by atoms with Crippen LogP contribution < -0.4 is 11.5 Å². The molecule has 7 N–H and O–H groups in total. The van der Waals surface area contributed by atoms with Crippen LogP contribution in [0.25, 0.3) is 0 Å². The van der Waals surface area contributed by atoms with Crippen molar-refractivity contribution in [3.63, 3.8) is 0 Å². The number of aliphatic carboxylic acids is 1. The second kappa shape index (κ2) is 13.2. The largest absolute Gasteiger partial charge is 0.481 e. The molecule has 0 saturated heterocycles. The molecule has 0 aliphatic heterocycles. The summed E-state index contributed by atoms with van der Waals surface area (Å²) in [5, 5.41) is 9.10. The first-order valence-electron chi connectivity index (χ1n) is 6.76. The summed E-state index contributed by atoms with van der Waals surface area (Å²) < 4.78 is 0. The molecule has 0 spiro atoms. The molecule has 0 fully saturated rings. The summed E-state index contributed by atoms with van der Waals surface area (Å²) in [4.78, 5) is 23.0. The summed E-state index contributed by atoms with van der Waals surface area (Å²) in [6, 6.07) is -0.278. The van der Waals surface area contributed by atoms with Crippen molar-refractivity contribution in [3.05, 3.63) is 0 Å². The highest BCUT2D eigenvalue weighted by atomic mass is 16.4. The lowest BCUT2D eigenvalue weighted by molar-refractivity contribution is -0.406. The number of rotatable bonds is 10. The van der Waals surface area contributed by atoms with E-state index in [9.17, 15) is 9.59 Å². The van der Waals surface area contributed by atoms with Crippen molar-refractivity contribution >= 4 is 27.2 Å². The first-order chi connectivity index (χ1) is 9.38. The van der Waals surface area contributed by atoms with Gasteiger partial charge in [-0.1, -0.05) is 21.6 Å². The van der Waals surface area contributed by atoms with E-state index in [1.807, 2.05) is 13.8 Å². The molecule has 2 radical (unpaired) electrons. The standard InChI is InChI=1S/C13H26N2O3.B2H3/c1-9(2)7-11(15)12(16)8-10(13(17)18)5-3-4-6-14;1-2/h9-11H,3-8,14-15H2,1-2H3,(H,17,18);1H3/q;-1/p+2. The summed E-state index contributed by atoms with van der Waals surface area (Å²) in [5.41, 5.74) is 7.56. The number of Topliss-reactive ketones (excluding diaryl/α,β-unsaturated/α-hetero) is 1. The lowest BCUT2D eigenvalue weighted by Gasteiger charge is -2.14. The summed E-state index contributed by atoms with van der Waals surface area (Å²) in [6.07, 6.45) is 3.14. The van der Waals surface area contributed by atoms with Gasteiger partial charge >= 0.3 is 5.97 Å². The van der Waals surface area contributed by atoms with E-state index in [4.69, 9.17) is 12.8 Å². The van der Waals surface area contributed by atoms with Crippen molar-refractivity contribution in [2.75, 3.05) is 6.54 Å². The fraction of sp³-hybridized carbons (Fsp3) is 0.846. The van der Waals surface area contributed by atoms with Gasteiger partial charge in [0.05, 0.1) is 12.5 Å². The number of carboxylic acid groups (broad SMARTS) is 1. The Morgan fingerprint density at radius 1 is 1.25 bits per heavy atom. The van der Waals surface area contributed by atoms with Gasteiger partial charge in [0, 0.05) is 12.8 Å². The van der Waals surface area contributed by atoms with Crippen molar-refractivity contribution in [2.45, 2.75) is 52.0 Å². The van der Waals surface area contributed by atoms with Crippen LogP contribution in [-0.2, 0) is 9.59 Å². The number of ketones is 1. The summed E-state index contributed by atoms with van der Waals surface area (Å²) in [6.45, 7) is 4.88. The lowest BCUT2D eigenvalue weighted by atomic mass is 9.81. The van der Waals surface area contributed by atoms with Crippen molar-refractivity contribution in [1.29, 1.82) is 0 Å². The fourth-order valence-electron chi connectivity index (χ4n) is 1.99. The Morgan fingerprint density at radius 2 is 1.80 bits per heavy atom. The molecule has 116 valence electrons. The Kier molecular flexibility index (Phi) is 14.2. The molecule has 0 aromatic rings. The zero-order valence-electron chi connectivity index (χ0n) is 12.2. The van der Waals surface area contributed by atoms with Gasteiger partial charge in [-0.3, -0.25) is 9.59 Å². The van der Waals surface area contributed by atoms with E-state index < -0.39 is 11.9 Å². The maximum atomic E-state index is 11.9. The Bertz CT molecular complexity index is 276. The Labute approximate surface area is 124 Å². The number of carbonyl (C=O) groups excluding carboxylic acids is 1. The van der Waals surface area contributed by atoms with Gasteiger partial charge in [0.1, 0.15) is 6.04 Å². The van der Waals surface area contributed by atoms with E-state index in [1.54, 1.807) is 0 Å². The van der Waals surface area contributed by atoms with Crippen LogP contribution in [0, 0.1) is 11.8 Å². The molecular weight excluding hydrogens is 254 g/mol. The topological polar surface area (TPSA) is 110 Å². The van der Waals surface area contributed by atoms with Gasteiger partial charge in [-0.2, -0.15) is 7.74 Å². The molecule has 0 aromatic heterocycles. The summed E-state index contributed by atoms with van der Waals surface area (Å²) in [7, 11) is 5.00. The number of unbranched alkanes of at least 4 members (excludes halogenated alkanes) is 1. The highest BCUT2D eigenvalue weighted by Crippen LogP contribution is 2.15. The van der Waals surface area contributed by atoms with E-state index in [2.05, 4.69) is 11.5 Å². The maximum Gasteiger partial charge on any atom is 0.306 e. The Hall–Kier alpha value is -0.810. The molecule has 2 unspecified atom stereocenters. The summed E-state index contributed by atoms with van der Waals surface area (Å²) in [5.74, 6) is -1.04. The highest BCUT2D eigenvalue weighted by molar-refractivity contribution is 6.75. The molecule has 0 aliphatic rings. The maximum absolute atomic E-state index is 11.9.